The molecule has 0 unspecified atom stereocenters. The first-order chi connectivity index (χ1) is 8.15. The Labute approximate surface area is 98.5 Å². The third kappa shape index (κ3) is 4.07. The first kappa shape index (κ1) is 12.9. The molecule has 1 aromatic heterocycles. The molecule has 0 saturated heterocycles. The van der Waals surface area contributed by atoms with Gasteiger partial charge in [-0.1, -0.05) is 0 Å². The first-order valence-corrected chi connectivity index (χ1v) is 5.13. The van der Waals surface area contributed by atoms with E-state index in [1.54, 1.807) is 12.1 Å². The van der Waals surface area contributed by atoms with E-state index in [0.717, 1.165) is 0 Å². The molecule has 0 aliphatic heterocycles. The Morgan fingerprint density at radius 3 is 2.82 bits per heavy atom. The molecule has 0 saturated carbocycles. The molecule has 0 aliphatic carbocycles. The van der Waals surface area contributed by atoms with Crippen molar-refractivity contribution in [3.05, 3.63) is 23.9 Å². The van der Waals surface area contributed by atoms with Crippen molar-refractivity contribution >= 4 is 17.6 Å². The molecule has 1 heterocycles. The monoisotopic (exact) mass is 237 g/mol. The maximum Gasteiger partial charge on any atom is 0.255 e. The van der Waals surface area contributed by atoms with Gasteiger partial charge in [0.25, 0.3) is 5.91 Å². The van der Waals surface area contributed by atoms with Gasteiger partial charge in [-0.05, 0) is 18.6 Å². The van der Waals surface area contributed by atoms with Gasteiger partial charge in [-0.25, -0.2) is 10.8 Å². The molecule has 6 N–H and O–H groups in total. The van der Waals surface area contributed by atoms with E-state index >= 15 is 0 Å². The van der Waals surface area contributed by atoms with Crippen LogP contribution in [0, 0.1) is 0 Å². The third-order valence-corrected chi connectivity index (χ3v) is 2.07. The van der Waals surface area contributed by atoms with Gasteiger partial charge in [-0.15, -0.1) is 0 Å². The Bertz CT molecular complexity index is 407. The van der Waals surface area contributed by atoms with Crippen molar-refractivity contribution in [3.8, 4) is 0 Å². The van der Waals surface area contributed by atoms with Crippen LogP contribution in [0.15, 0.2) is 18.3 Å². The van der Waals surface area contributed by atoms with Crippen molar-refractivity contribution in [2.45, 2.75) is 12.8 Å². The van der Waals surface area contributed by atoms with Gasteiger partial charge in [0.2, 0.25) is 5.91 Å². The van der Waals surface area contributed by atoms with Crippen LogP contribution in [0.2, 0.25) is 0 Å². The molecule has 92 valence electrons. The summed E-state index contributed by atoms with van der Waals surface area (Å²) in [6, 6.07) is 3.24. The van der Waals surface area contributed by atoms with Gasteiger partial charge in [0, 0.05) is 19.2 Å². The highest BCUT2D eigenvalue weighted by Crippen LogP contribution is 2.09. The van der Waals surface area contributed by atoms with Gasteiger partial charge < -0.3 is 16.5 Å². The van der Waals surface area contributed by atoms with Crippen molar-refractivity contribution < 1.29 is 9.59 Å². The van der Waals surface area contributed by atoms with Crippen molar-refractivity contribution in [2.24, 2.45) is 11.6 Å². The number of hydrogen-bond acceptors (Lipinski definition) is 5. The molecule has 1 rings (SSSR count). The Kier molecular flexibility index (Phi) is 4.89. The number of primary amides is 1. The minimum atomic E-state index is -0.384. The lowest BCUT2D eigenvalue weighted by molar-refractivity contribution is -0.118. The second-order valence-electron chi connectivity index (χ2n) is 3.37. The molecule has 7 nitrogen and oxygen atoms in total. The molecule has 0 atom stereocenters. The van der Waals surface area contributed by atoms with Gasteiger partial charge in [0.1, 0.15) is 0 Å². The van der Waals surface area contributed by atoms with Gasteiger partial charge in [-0.2, -0.15) is 0 Å². The molecule has 0 aliphatic rings. The number of amides is 2. The number of nitrogens with zero attached hydrogens (tertiary/aromatic N) is 1. The largest absolute Gasteiger partial charge is 0.370 e. The van der Waals surface area contributed by atoms with Gasteiger partial charge in [0.05, 0.1) is 5.56 Å². The zero-order valence-electron chi connectivity index (χ0n) is 9.27. The molecule has 17 heavy (non-hydrogen) atoms. The Morgan fingerprint density at radius 1 is 1.41 bits per heavy atom. The van der Waals surface area contributed by atoms with E-state index in [2.05, 4.69) is 15.7 Å². The summed E-state index contributed by atoms with van der Waals surface area (Å²) in [5.41, 5.74) is 7.67. The average molecular weight is 237 g/mol. The van der Waals surface area contributed by atoms with Crippen LogP contribution in [0.1, 0.15) is 23.2 Å². The van der Waals surface area contributed by atoms with E-state index < -0.39 is 0 Å². The van der Waals surface area contributed by atoms with Crippen molar-refractivity contribution in [3.63, 3.8) is 0 Å². The number of pyridine rings is 1. The van der Waals surface area contributed by atoms with Crippen LogP contribution in [-0.4, -0.2) is 23.3 Å². The van der Waals surface area contributed by atoms with Crippen LogP contribution in [-0.2, 0) is 4.79 Å². The maximum absolute atomic E-state index is 11.7. The van der Waals surface area contributed by atoms with Gasteiger partial charge in [0.15, 0.2) is 5.82 Å². The normalized spacial score (nSPS) is 9.71. The Morgan fingerprint density at radius 2 is 2.18 bits per heavy atom. The third-order valence-electron chi connectivity index (χ3n) is 2.07. The number of rotatable bonds is 6. The molecular formula is C10H15N5O2. The topological polar surface area (TPSA) is 123 Å². The number of carbonyl (C=O) groups is 2. The smallest absolute Gasteiger partial charge is 0.255 e. The number of anilines is 1. The Balaban J connectivity index is 2.49. The highest BCUT2D eigenvalue weighted by atomic mass is 16.2. The highest BCUT2D eigenvalue weighted by Gasteiger charge is 2.10. The second kappa shape index (κ2) is 6.44. The summed E-state index contributed by atoms with van der Waals surface area (Å²) < 4.78 is 0. The zero-order chi connectivity index (χ0) is 12.7. The van der Waals surface area contributed by atoms with Crippen molar-refractivity contribution in [2.75, 3.05) is 12.0 Å². The van der Waals surface area contributed by atoms with Crippen LogP contribution >= 0.6 is 0 Å². The summed E-state index contributed by atoms with van der Waals surface area (Å²) in [6.45, 7) is 0.376. The fourth-order valence-electron chi connectivity index (χ4n) is 1.26. The molecule has 1 aromatic rings. The summed E-state index contributed by atoms with van der Waals surface area (Å²) in [7, 11) is 0. The summed E-state index contributed by atoms with van der Waals surface area (Å²) in [5.74, 6) is 4.85. The average Bonchev–Trinajstić information content (AvgIpc) is 2.34. The minimum Gasteiger partial charge on any atom is -0.370 e. The number of hydrazine groups is 1. The van der Waals surface area contributed by atoms with E-state index in [-0.39, 0.29) is 18.2 Å². The van der Waals surface area contributed by atoms with Crippen LogP contribution < -0.4 is 22.3 Å². The lowest BCUT2D eigenvalue weighted by Gasteiger charge is -2.07. The molecule has 0 fully saturated rings. The van der Waals surface area contributed by atoms with Gasteiger partial charge in [-0.3, -0.25) is 9.59 Å². The second-order valence-corrected chi connectivity index (χ2v) is 3.37. The summed E-state index contributed by atoms with van der Waals surface area (Å²) in [4.78, 5) is 26.1. The molecular weight excluding hydrogens is 222 g/mol. The summed E-state index contributed by atoms with van der Waals surface area (Å²) >= 11 is 0. The van der Waals surface area contributed by atoms with E-state index in [1.165, 1.54) is 6.20 Å². The fourth-order valence-corrected chi connectivity index (χ4v) is 1.26. The maximum atomic E-state index is 11.7. The lowest BCUT2D eigenvalue weighted by Crippen LogP contribution is -2.27. The molecule has 0 aromatic carbocycles. The minimum absolute atomic E-state index is 0.245. The standard InChI is InChI=1S/C10H15N5O2/c11-8(16)4-2-6-14-10(17)7-3-1-5-13-9(7)15-12/h1,3,5H,2,4,6,12H2,(H2,11,16)(H,13,15)(H,14,17). The predicted octanol–water partition coefficient (Wildman–Crippen LogP) is -0.637. The van der Waals surface area contributed by atoms with Crippen LogP contribution in [0.4, 0.5) is 5.82 Å². The van der Waals surface area contributed by atoms with Gasteiger partial charge >= 0.3 is 0 Å². The zero-order valence-corrected chi connectivity index (χ0v) is 9.27. The van der Waals surface area contributed by atoms with E-state index in [0.29, 0.717) is 24.3 Å². The molecule has 2 amide bonds. The molecule has 0 spiro atoms. The molecule has 0 bridgehead atoms. The predicted molar refractivity (Wildman–Crippen MR) is 62.8 cm³/mol. The summed E-state index contributed by atoms with van der Waals surface area (Å²) in [5, 5.41) is 2.65. The summed E-state index contributed by atoms with van der Waals surface area (Å²) in [6.07, 6.45) is 2.28. The number of hydrogen-bond donors (Lipinski definition) is 4. The van der Waals surface area contributed by atoms with Crippen molar-refractivity contribution in [1.29, 1.82) is 0 Å². The first-order valence-electron chi connectivity index (χ1n) is 5.13. The number of nitrogens with one attached hydrogen (secondary N) is 2. The number of nitrogen functional groups attached to an aromatic ring is 1. The quantitative estimate of drug-likeness (QED) is 0.298. The SMILES string of the molecule is NNc1ncccc1C(=O)NCCCC(N)=O. The highest BCUT2D eigenvalue weighted by molar-refractivity contribution is 5.98. The molecule has 7 heteroatoms. The Hall–Kier alpha value is -2.15. The molecule has 0 radical (unpaired) electrons. The number of nitrogens with two attached hydrogens (primary N) is 2. The van der Waals surface area contributed by atoms with E-state index in [4.69, 9.17) is 11.6 Å². The lowest BCUT2D eigenvalue weighted by atomic mass is 10.2. The van der Waals surface area contributed by atoms with Crippen LogP contribution in [0.25, 0.3) is 0 Å². The number of carbonyl (C=O) groups excluding carboxylic acids is 2. The van der Waals surface area contributed by atoms with E-state index in [1.807, 2.05) is 0 Å². The fraction of sp³-hybridized carbons (Fsp3) is 0.300. The number of aromatic nitrogens is 1. The van der Waals surface area contributed by atoms with Crippen molar-refractivity contribution in [1.82, 2.24) is 10.3 Å². The van der Waals surface area contributed by atoms with E-state index in [9.17, 15) is 9.59 Å². The van der Waals surface area contributed by atoms with Crippen LogP contribution in [0.3, 0.4) is 0 Å². The van der Waals surface area contributed by atoms with Crippen LogP contribution in [0.5, 0.6) is 0 Å².